The topological polar surface area (TPSA) is 54.0 Å². The summed E-state index contributed by atoms with van der Waals surface area (Å²) in [4.78, 5) is 16.2. The van der Waals surface area contributed by atoms with Crippen LogP contribution in [0, 0.1) is 11.8 Å². The van der Waals surface area contributed by atoms with Crippen LogP contribution in [-0.2, 0) is 4.79 Å². The highest BCUT2D eigenvalue weighted by Crippen LogP contribution is 2.21. The van der Waals surface area contributed by atoms with Gasteiger partial charge in [-0.15, -0.1) is 0 Å². The summed E-state index contributed by atoms with van der Waals surface area (Å²) in [5.41, 5.74) is 0.754. The predicted molar refractivity (Wildman–Crippen MR) is 70.7 cm³/mol. The first-order valence-electron chi connectivity index (χ1n) is 5.80. The quantitative estimate of drug-likeness (QED) is 0.821. The Labute approximate surface area is 109 Å². The second kappa shape index (κ2) is 5.60. The number of nitrogens with zero attached hydrogens (tertiary/aromatic N) is 1. The van der Waals surface area contributed by atoms with Crippen LogP contribution in [0.4, 0.5) is 5.69 Å². The Bertz CT molecular complexity index is 393. The minimum Gasteiger partial charge on any atom is -0.324 e. The van der Waals surface area contributed by atoms with Crippen molar-refractivity contribution in [1.29, 1.82) is 0 Å². The Morgan fingerprint density at radius 2 is 2.41 bits per heavy atom. The number of aromatic nitrogens is 1. The highest BCUT2D eigenvalue weighted by molar-refractivity contribution is 9.10. The zero-order valence-corrected chi connectivity index (χ0v) is 11.3. The first-order valence-corrected chi connectivity index (χ1v) is 6.59. The lowest BCUT2D eigenvalue weighted by atomic mass is 9.87. The molecule has 4 nitrogen and oxygen atoms in total. The lowest BCUT2D eigenvalue weighted by Crippen LogP contribution is -2.40. The van der Waals surface area contributed by atoms with Gasteiger partial charge in [0, 0.05) is 5.92 Å². The van der Waals surface area contributed by atoms with Crippen LogP contribution < -0.4 is 10.6 Å². The Morgan fingerprint density at radius 1 is 1.59 bits per heavy atom. The molecule has 0 radical (unpaired) electrons. The molecule has 1 aromatic rings. The number of carbonyl (C=O) groups excluding carboxylic acids is 1. The Balaban J connectivity index is 1.98. The van der Waals surface area contributed by atoms with Gasteiger partial charge in [0.25, 0.3) is 0 Å². The number of nitrogens with one attached hydrogen (secondary N) is 2. The number of anilines is 1. The molecule has 0 aromatic carbocycles. The summed E-state index contributed by atoms with van der Waals surface area (Å²) in [5.74, 6) is 0.579. The van der Waals surface area contributed by atoms with E-state index in [9.17, 15) is 4.79 Å². The molecule has 1 amide bonds. The number of hydrogen-bond donors (Lipinski definition) is 2. The van der Waals surface area contributed by atoms with Crippen molar-refractivity contribution < 1.29 is 4.79 Å². The summed E-state index contributed by atoms with van der Waals surface area (Å²) < 4.78 is 0.769. The zero-order chi connectivity index (χ0) is 12.3. The van der Waals surface area contributed by atoms with Gasteiger partial charge in [-0.2, -0.15) is 0 Å². The number of pyridine rings is 1. The smallest absolute Gasteiger partial charge is 0.227 e. The molecule has 1 saturated heterocycles. The van der Waals surface area contributed by atoms with Crippen LogP contribution in [0.15, 0.2) is 22.9 Å². The number of hydrogen-bond acceptors (Lipinski definition) is 3. The molecular weight excluding hydrogens is 282 g/mol. The van der Waals surface area contributed by atoms with Crippen LogP contribution in [0.2, 0.25) is 0 Å². The monoisotopic (exact) mass is 297 g/mol. The maximum atomic E-state index is 12.1. The minimum atomic E-state index is 0.0971. The summed E-state index contributed by atoms with van der Waals surface area (Å²) in [7, 11) is 0. The van der Waals surface area contributed by atoms with E-state index in [1.807, 2.05) is 12.1 Å². The number of carbonyl (C=O) groups is 1. The third-order valence-corrected chi connectivity index (χ3v) is 3.59. The molecule has 2 atom stereocenters. The fraction of sp³-hybridized carbons (Fsp3) is 0.500. The molecule has 2 heterocycles. The predicted octanol–water partition coefficient (Wildman–Crippen LogP) is 2.03. The standard InChI is InChI=1S/C12H16BrN3O/c1-8-6-14-5-4-10(8)12(17)16-9-2-3-11(13)15-7-9/h2-3,7-8,10,14H,4-6H2,1H3,(H,16,17). The largest absolute Gasteiger partial charge is 0.324 e. The first-order chi connectivity index (χ1) is 8.16. The van der Waals surface area contributed by atoms with Crippen LogP contribution in [-0.4, -0.2) is 24.0 Å². The average Bonchev–Trinajstić information content (AvgIpc) is 2.32. The van der Waals surface area contributed by atoms with Crippen molar-refractivity contribution >= 4 is 27.5 Å². The molecule has 17 heavy (non-hydrogen) atoms. The second-order valence-corrected chi connectivity index (χ2v) is 5.25. The first kappa shape index (κ1) is 12.5. The van der Waals surface area contributed by atoms with E-state index < -0.39 is 0 Å². The van der Waals surface area contributed by atoms with Crippen LogP contribution in [0.3, 0.4) is 0 Å². The summed E-state index contributed by atoms with van der Waals surface area (Å²) in [5, 5.41) is 6.21. The number of piperidine rings is 1. The van der Waals surface area contributed by atoms with Gasteiger partial charge in [-0.05, 0) is 53.5 Å². The molecule has 1 aromatic heterocycles. The highest BCUT2D eigenvalue weighted by Gasteiger charge is 2.27. The van der Waals surface area contributed by atoms with Gasteiger partial charge in [-0.25, -0.2) is 4.98 Å². The van der Waals surface area contributed by atoms with Gasteiger partial charge in [0.2, 0.25) is 5.91 Å². The molecule has 0 spiro atoms. The third-order valence-electron chi connectivity index (χ3n) is 3.12. The Kier molecular flexibility index (Phi) is 4.12. The maximum absolute atomic E-state index is 12.1. The van der Waals surface area contributed by atoms with E-state index in [0.717, 1.165) is 29.8 Å². The fourth-order valence-electron chi connectivity index (χ4n) is 2.09. The molecule has 0 bridgehead atoms. The van der Waals surface area contributed by atoms with E-state index in [1.165, 1.54) is 0 Å². The van der Waals surface area contributed by atoms with Crippen LogP contribution in [0.5, 0.6) is 0 Å². The molecule has 1 aliphatic heterocycles. The lowest BCUT2D eigenvalue weighted by molar-refractivity contribution is -0.122. The highest BCUT2D eigenvalue weighted by atomic mass is 79.9. The van der Waals surface area contributed by atoms with Crippen LogP contribution in [0.25, 0.3) is 0 Å². The lowest BCUT2D eigenvalue weighted by Gasteiger charge is -2.28. The van der Waals surface area contributed by atoms with Crippen molar-refractivity contribution in [3.8, 4) is 0 Å². The number of amides is 1. The molecular formula is C12H16BrN3O. The van der Waals surface area contributed by atoms with Crippen molar-refractivity contribution in [3.63, 3.8) is 0 Å². The van der Waals surface area contributed by atoms with E-state index in [4.69, 9.17) is 0 Å². The van der Waals surface area contributed by atoms with E-state index in [-0.39, 0.29) is 11.8 Å². The minimum absolute atomic E-state index is 0.0971. The molecule has 1 fully saturated rings. The summed E-state index contributed by atoms with van der Waals surface area (Å²) in [6.07, 6.45) is 2.56. The van der Waals surface area contributed by atoms with Gasteiger partial charge in [-0.1, -0.05) is 6.92 Å². The van der Waals surface area contributed by atoms with Gasteiger partial charge >= 0.3 is 0 Å². The maximum Gasteiger partial charge on any atom is 0.227 e. The second-order valence-electron chi connectivity index (χ2n) is 4.44. The van der Waals surface area contributed by atoms with Crippen LogP contribution >= 0.6 is 15.9 Å². The van der Waals surface area contributed by atoms with Gasteiger partial charge in [-0.3, -0.25) is 4.79 Å². The SMILES string of the molecule is CC1CNCCC1C(=O)Nc1ccc(Br)nc1. The van der Waals surface area contributed by atoms with Crippen molar-refractivity contribution in [2.24, 2.45) is 11.8 Å². The zero-order valence-electron chi connectivity index (χ0n) is 9.74. The fourth-order valence-corrected chi connectivity index (χ4v) is 2.32. The van der Waals surface area contributed by atoms with E-state index in [2.05, 4.69) is 38.5 Å². The number of rotatable bonds is 2. The van der Waals surface area contributed by atoms with Gasteiger partial charge in [0.05, 0.1) is 11.9 Å². The molecule has 1 aliphatic rings. The van der Waals surface area contributed by atoms with Crippen molar-refractivity contribution in [1.82, 2.24) is 10.3 Å². The molecule has 92 valence electrons. The van der Waals surface area contributed by atoms with Gasteiger partial charge in [0.1, 0.15) is 4.60 Å². The molecule has 2 rings (SSSR count). The summed E-state index contributed by atoms with van der Waals surface area (Å²) in [6, 6.07) is 3.67. The Hall–Kier alpha value is -0.940. The van der Waals surface area contributed by atoms with Gasteiger partial charge in [0.15, 0.2) is 0 Å². The number of halogens is 1. The van der Waals surface area contributed by atoms with E-state index in [1.54, 1.807) is 6.20 Å². The molecule has 5 heteroatoms. The molecule has 0 aliphatic carbocycles. The van der Waals surface area contributed by atoms with Gasteiger partial charge < -0.3 is 10.6 Å². The molecule has 2 N–H and O–H groups in total. The van der Waals surface area contributed by atoms with Crippen LogP contribution in [0.1, 0.15) is 13.3 Å². The van der Waals surface area contributed by atoms with Crippen molar-refractivity contribution in [3.05, 3.63) is 22.9 Å². The van der Waals surface area contributed by atoms with E-state index in [0.29, 0.717) is 5.92 Å². The Morgan fingerprint density at radius 3 is 3.06 bits per heavy atom. The van der Waals surface area contributed by atoms with E-state index >= 15 is 0 Å². The van der Waals surface area contributed by atoms with Crippen molar-refractivity contribution in [2.45, 2.75) is 13.3 Å². The van der Waals surface area contributed by atoms with Crippen molar-refractivity contribution in [2.75, 3.05) is 18.4 Å². The molecule has 2 unspecified atom stereocenters. The summed E-state index contributed by atoms with van der Waals surface area (Å²) in [6.45, 7) is 3.94. The third kappa shape index (κ3) is 3.26. The molecule has 0 saturated carbocycles. The normalized spacial score (nSPS) is 24.4. The summed E-state index contributed by atoms with van der Waals surface area (Å²) >= 11 is 3.27. The average molecular weight is 298 g/mol.